The molecule has 0 heterocycles. The van der Waals surface area contributed by atoms with Crippen LogP contribution in [-0.4, -0.2) is 5.71 Å². The number of allylic oxidation sites excluding steroid dienone is 4. The van der Waals surface area contributed by atoms with Gasteiger partial charge in [-0.15, -0.1) is 0 Å². The van der Waals surface area contributed by atoms with Crippen molar-refractivity contribution in [1.82, 2.24) is 0 Å². The van der Waals surface area contributed by atoms with Crippen LogP contribution in [0.2, 0.25) is 0 Å². The maximum Gasteiger partial charge on any atom is 0.0401 e. The summed E-state index contributed by atoms with van der Waals surface area (Å²) in [5.74, 6) is 0. The monoisotopic (exact) mass is 200 g/mol. The Labute approximate surface area is 85.0 Å². The first kappa shape index (κ1) is 12.2. The van der Waals surface area contributed by atoms with E-state index >= 15 is 0 Å². The molecule has 0 saturated carbocycles. The molecular formula is C10H17ClN2. The molecule has 0 aromatic rings. The van der Waals surface area contributed by atoms with Crippen molar-refractivity contribution in [1.29, 1.82) is 5.41 Å². The molecule has 3 heteroatoms. The smallest absolute Gasteiger partial charge is 0.0401 e. The van der Waals surface area contributed by atoms with E-state index in [-0.39, 0.29) is 0 Å². The van der Waals surface area contributed by atoms with Crippen LogP contribution >= 0.6 is 11.6 Å². The molecule has 0 bridgehead atoms. The summed E-state index contributed by atoms with van der Waals surface area (Å²) in [6, 6.07) is 0. The van der Waals surface area contributed by atoms with Crippen LogP contribution in [0.3, 0.4) is 0 Å². The van der Waals surface area contributed by atoms with Gasteiger partial charge in [0.25, 0.3) is 0 Å². The molecule has 74 valence electrons. The number of halogens is 1. The summed E-state index contributed by atoms with van der Waals surface area (Å²) in [5.41, 5.74) is 7.60. The van der Waals surface area contributed by atoms with Gasteiger partial charge < -0.3 is 11.1 Å². The average molecular weight is 201 g/mol. The minimum Gasteiger partial charge on any atom is -0.402 e. The van der Waals surface area contributed by atoms with E-state index in [1.165, 1.54) is 0 Å². The van der Waals surface area contributed by atoms with Crippen LogP contribution in [-0.2, 0) is 0 Å². The highest BCUT2D eigenvalue weighted by Crippen LogP contribution is 2.14. The summed E-state index contributed by atoms with van der Waals surface area (Å²) >= 11 is 5.88. The van der Waals surface area contributed by atoms with Crippen LogP contribution in [0.5, 0.6) is 0 Å². The molecule has 0 aliphatic carbocycles. The number of hydrogen-bond donors (Lipinski definition) is 2. The summed E-state index contributed by atoms with van der Waals surface area (Å²) in [7, 11) is 0. The van der Waals surface area contributed by atoms with E-state index < -0.39 is 0 Å². The number of nitrogens with two attached hydrogens (primary N) is 1. The first-order chi connectivity index (χ1) is 6.02. The van der Waals surface area contributed by atoms with Gasteiger partial charge in [0, 0.05) is 22.0 Å². The maximum atomic E-state index is 7.65. The van der Waals surface area contributed by atoms with E-state index in [9.17, 15) is 0 Å². The zero-order chi connectivity index (χ0) is 10.4. The van der Waals surface area contributed by atoms with Gasteiger partial charge in [0.2, 0.25) is 0 Å². The lowest BCUT2D eigenvalue weighted by molar-refractivity contribution is 1.17. The Morgan fingerprint density at radius 3 is 2.23 bits per heavy atom. The van der Waals surface area contributed by atoms with E-state index in [4.69, 9.17) is 22.7 Å². The fourth-order valence-electron chi connectivity index (χ4n) is 0.888. The van der Waals surface area contributed by atoms with Crippen molar-refractivity contribution in [2.75, 3.05) is 0 Å². The summed E-state index contributed by atoms with van der Waals surface area (Å²) in [6.07, 6.45) is 3.23. The van der Waals surface area contributed by atoms with Crippen molar-refractivity contribution in [3.8, 4) is 0 Å². The SMILES string of the molecule is CCC(=N)C(/C=C(/Cl)CC)=C(/C)N. The third kappa shape index (κ3) is 4.13. The standard InChI is InChI=1S/C10H17ClN2/c1-4-8(11)6-9(7(3)12)10(13)5-2/h6,13H,4-5,12H2,1-3H3/b8-6+,9-7-,13-10?. The Morgan fingerprint density at radius 1 is 1.38 bits per heavy atom. The van der Waals surface area contributed by atoms with Gasteiger partial charge in [-0.3, -0.25) is 0 Å². The number of rotatable bonds is 4. The Bertz CT molecular complexity index is 248. The van der Waals surface area contributed by atoms with Crippen LogP contribution in [0, 0.1) is 5.41 Å². The van der Waals surface area contributed by atoms with E-state index in [0.29, 0.717) is 17.8 Å². The molecule has 0 amide bonds. The molecule has 0 aliphatic heterocycles. The predicted octanol–water partition coefficient (Wildman–Crippen LogP) is 3.18. The average Bonchev–Trinajstić information content (AvgIpc) is 2.11. The zero-order valence-corrected chi connectivity index (χ0v) is 9.20. The largest absolute Gasteiger partial charge is 0.402 e. The van der Waals surface area contributed by atoms with Gasteiger partial charge in [0.15, 0.2) is 0 Å². The summed E-state index contributed by atoms with van der Waals surface area (Å²) in [4.78, 5) is 0. The molecule has 0 atom stereocenters. The molecule has 0 aliphatic rings. The molecule has 13 heavy (non-hydrogen) atoms. The fraction of sp³-hybridized carbons (Fsp3) is 0.500. The third-order valence-corrected chi connectivity index (χ3v) is 2.12. The Balaban J connectivity index is 4.87. The van der Waals surface area contributed by atoms with Gasteiger partial charge >= 0.3 is 0 Å². The molecule has 0 unspecified atom stereocenters. The fourth-order valence-corrected chi connectivity index (χ4v) is 0.997. The highest BCUT2D eigenvalue weighted by atomic mass is 35.5. The summed E-state index contributed by atoms with van der Waals surface area (Å²) in [5, 5.41) is 8.39. The molecule has 0 aromatic carbocycles. The second-order valence-electron chi connectivity index (χ2n) is 2.87. The quantitative estimate of drug-likeness (QED) is 0.532. The van der Waals surface area contributed by atoms with E-state index in [1.807, 2.05) is 13.8 Å². The van der Waals surface area contributed by atoms with E-state index in [2.05, 4.69) is 0 Å². The first-order valence-corrected chi connectivity index (χ1v) is 4.80. The van der Waals surface area contributed by atoms with Gasteiger partial charge in [-0.2, -0.15) is 0 Å². The second-order valence-corrected chi connectivity index (χ2v) is 3.36. The van der Waals surface area contributed by atoms with Gasteiger partial charge in [-0.05, 0) is 25.8 Å². The number of hydrogen-bond acceptors (Lipinski definition) is 2. The summed E-state index contributed by atoms with van der Waals surface area (Å²) < 4.78 is 0. The van der Waals surface area contributed by atoms with Crippen LogP contribution in [0.15, 0.2) is 22.4 Å². The van der Waals surface area contributed by atoms with Crippen molar-refractivity contribution in [2.45, 2.75) is 33.6 Å². The van der Waals surface area contributed by atoms with Crippen molar-refractivity contribution in [3.05, 3.63) is 22.4 Å². The Morgan fingerprint density at radius 2 is 1.92 bits per heavy atom. The lowest BCUT2D eigenvalue weighted by atomic mass is 10.1. The number of nitrogens with one attached hydrogen (secondary N) is 1. The topological polar surface area (TPSA) is 49.9 Å². The van der Waals surface area contributed by atoms with Crippen molar-refractivity contribution in [3.63, 3.8) is 0 Å². The molecule has 0 saturated heterocycles. The minimum absolute atomic E-state index is 0.534. The van der Waals surface area contributed by atoms with E-state index in [1.54, 1.807) is 13.0 Å². The normalized spacial score (nSPS) is 14.0. The molecular weight excluding hydrogens is 184 g/mol. The predicted molar refractivity (Wildman–Crippen MR) is 59.1 cm³/mol. The molecule has 0 fully saturated rings. The lowest BCUT2D eigenvalue weighted by Gasteiger charge is -2.05. The van der Waals surface area contributed by atoms with Gasteiger partial charge in [0.1, 0.15) is 0 Å². The highest BCUT2D eigenvalue weighted by Gasteiger charge is 2.03. The van der Waals surface area contributed by atoms with Crippen LogP contribution < -0.4 is 5.73 Å². The van der Waals surface area contributed by atoms with Gasteiger partial charge in [0.05, 0.1) is 0 Å². The molecule has 0 rings (SSSR count). The molecule has 2 nitrogen and oxygen atoms in total. The van der Waals surface area contributed by atoms with Crippen LogP contribution in [0.1, 0.15) is 33.6 Å². The van der Waals surface area contributed by atoms with Crippen LogP contribution in [0.4, 0.5) is 0 Å². The third-order valence-electron chi connectivity index (χ3n) is 1.74. The maximum absolute atomic E-state index is 7.65. The van der Waals surface area contributed by atoms with Crippen LogP contribution in [0.25, 0.3) is 0 Å². The molecule has 0 aromatic heterocycles. The molecule has 0 radical (unpaired) electrons. The highest BCUT2D eigenvalue weighted by molar-refractivity contribution is 6.30. The van der Waals surface area contributed by atoms with Crippen molar-refractivity contribution < 1.29 is 0 Å². The van der Waals surface area contributed by atoms with Crippen molar-refractivity contribution in [2.24, 2.45) is 5.73 Å². The van der Waals surface area contributed by atoms with Gasteiger partial charge in [-0.25, -0.2) is 0 Å². The summed E-state index contributed by atoms with van der Waals surface area (Å²) in [6.45, 7) is 5.69. The Hall–Kier alpha value is -0.760. The Kier molecular flexibility index (Phi) is 5.47. The lowest BCUT2D eigenvalue weighted by Crippen LogP contribution is -2.05. The molecule has 0 spiro atoms. The minimum atomic E-state index is 0.534. The van der Waals surface area contributed by atoms with Gasteiger partial charge in [-0.1, -0.05) is 25.4 Å². The van der Waals surface area contributed by atoms with Crippen molar-refractivity contribution >= 4 is 17.3 Å². The first-order valence-electron chi connectivity index (χ1n) is 4.43. The zero-order valence-electron chi connectivity index (χ0n) is 8.45. The van der Waals surface area contributed by atoms with E-state index in [0.717, 1.165) is 17.0 Å². The second kappa shape index (κ2) is 5.81. The molecule has 3 N–H and O–H groups in total.